The molecule has 140 valence electrons. The van der Waals surface area contributed by atoms with Crippen molar-refractivity contribution in [3.63, 3.8) is 0 Å². The van der Waals surface area contributed by atoms with E-state index in [0.29, 0.717) is 11.5 Å². The third-order valence-corrected chi connectivity index (χ3v) is 5.65. The van der Waals surface area contributed by atoms with Gasteiger partial charge in [0.2, 0.25) is 5.89 Å². The second-order valence-electron chi connectivity index (χ2n) is 6.34. The molecule has 0 aliphatic carbocycles. The molecule has 4 aromatic rings. The summed E-state index contributed by atoms with van der Waals surface area (Å²) in [6.07, 6.45) is 0.936. The minimum absolute atomic E-state index is 0.135. The number of rotatable bonds is 4. The lowest BCUT2D eigenvalue weighted by Crippen LogP contribution is -2.11. The van der Waals surface area contributed by atoms with Crippen molar-refractivity contribution in [1.82, 2.24) is 4.98 Å². The number of oxazole rings is 1. The summed E-state index contributed by atoms with van der Waals surface area (Å²) in [6.45, 7) is 2.11. The monoisotopic (exact) mass is 546 g/mol. The van der Waals surface area contributed by atoms with Gasteiger partial charge in [0.15, 0.2) is 5.58 Å². The Kier molecular flexibility index (Phi) is 5.50. The third kappa shape index (κ3) is 3.98. The highest BCUT2D eigenvalue weighted by molar-refractivity contribution is 14.1. The van der Waals surface area contributed by atoms with Gasteiger partial charge >= 0.3 is 0 Å². The Bertz CT molecular complexity index is 1170. The SMILES string of the molecule is CCc1cc(Br)c2oc(-c3ccc(NC(=O)c4cccc(I)c4)cc3)nc2c1. The number of nitrogens with zero attached hydrogens (tertiary/aromatic N) is 1. The fourth-order valence-electron chi connectivity index (χ4n) is 2.90. The topological polar surface area (TPSA) is 55.1 Å². The number of hydrogen-bond acceptors (Lipinski definition) is 3. The van der Waals surface area contributed by atoms with E-state index >= 15 is 0 Å². The molecule has 0 fully saturated rings. The van der Waals surface area contributed by atoms with Gasteiger partial charge in [0.1, 0.15) is 5.52 Å². The molecule has 4 nitrogen and oxygen atoms in total. The molecular weight excluding hydrogens is 531 g/mol. The lowest BCUT2D eigenvalue weighted by molar-refractivity contribution is 0.102. The Morgan fingerprint density at radius 1 is 1.14 bits per heavy atom. The summed E-state index contributed by atoms with van der Waals surface area (Å²) in [5, 5.41) is 2.91. The molecule has 0 bridgehead atoms. The smallest absolute Gasteiger partial charge is 0.255 e. The molecule has 4 rings (SSSR count). The number of fused-ring (bicyclic) bond motifs is 1. The zero-order valence-electron chi connectivity index (χ0n) is 15.0. The second-order valence-corrected chi connectivity index (χ2v) is 8.44. The van der Waals surface area contributed by atoms with Crippen LogP contribution in [0.2, 0.25) is 0 Å². The molecule has 0 radical (unpaired) electrons. The van der Waals surface area contributed by atoms with Crippen LogP contribution < -0.4 is 5.32 Å². The standard InChI is InChI=1S/C22H16BrIN2O2/c1-2-13-10-18(23)20-19(11-13)26-22(28-20)14-6-8-17(9-7-14)25-21(27)15-4-3-5-16(24)12-15/h3-12H,2H2,1H3,(H,25,27). The van der Waals surface area contributed by atoms with Crippen molar-refractivity contribution in [2.24, 2.45) is 0 Å². The van der Waals surface area contributed by atoms with Crippen LogP contribution in [-0.2, 0) is 6.42 Å². The van der Waals surface area contributed by atoms with E-state index in [1.165, 1.54) is 5.56 Å². The summed E-state index contributed by atoms with van der Waals surface area (Å²) in [6, 6.07) is 19.1. The van der Waals surface area contributed by atoms with Crippen LogP contribution in [0, 0.1) is 3.57 Å². The predicted molar refractivity (Wildman–Crippen MR) is 124 cm³/mol. The molecule has 0 spiro atoms. The Labute approximate surface area is 184 Å². The Balaban J connectivity index is 1.57. The zero-order chi connectivity index (χ0) is 19.7. The Morgan fingerprint density at radius 2 is 1.93 bits per heavy atom. The highest BCUT2D eigenvalue weighted by Crippen LogP contribution is 2.31. The maximum Gasteiger partial charge on any atom is 0.255 e. The molecule has 28 heavy (non-hydrogen) atoms. The van der Waals surface area contributed by atoms with Gasteiger partial charge in [0, 0.05) is 20.4 Å². The van der Waals surface area contributed by atoms with Crippen LogP contribution in [0.4, 0.5) is 5.69 Å². The molecule has 0 saturated heterocycles. The van der Waals surface area contributed by atoms with Crippen LogP contribution in [-0.4, -0.2) is 10.9 Å². The molecule has 6 heteroatoms. The number of carbonyl (C=O) groups excluding carboxylic acids is 1. The number of aromatic nitrogens is 1. The molecule has 1 aromatic heterocycles. The van der Waals surface area contributed by atoms with Gasteiger partial charge in [-0.3, -0.25) is 4.79 Å². The van der Waals surface area contributed by atoms with Crippen molar-refractivity contribution in [3.8, 4) is 11.5 Å². The van der Waals surface area contributed by atoms with E-state index in [1.54, 1.807) is 6.07 Å². The van der Waals surface area contributed by atoms with Crippen molar-refractivity contribution in [2.75, 3.05) is 5.32 Å². The largest absolute Gasteiger partial charge is 0.435 e. The minimum atomic E-state index is -0.135. The van der Waals surface area contributed by atoms with Crippen LogP contribution in [0.25, 0.3) is 22.6 Å². The van der Waals surface area contributed by atoms with Gasteiger partial charge in [0.25, 0.3) is 5.91 Å². The minimum Gasteiger partial charge on any atom is -0.435 e. The van der Waals surface area contributed by atoms with Crippen molar-refractivity contribution >= 4 is 61.2 Å². The van der Waals surface area contributed by atoms with Gasteiger partial charge in [-0.15, -0.1) is 0 Å². The number of halogens is 2. The average molecular weight is 547 g/mol. The molecule has 0 unspecified atom stereocenters. The van der Waals surface area contributed by atoms with Gasteiger partial charge in [-0.1, -0.05) is 13.0 Å². The highest BCUT2D eigenvalue weighted by atomic mass is 127. The van der Waals surface area contributed by atoms with Gasteiger partial charge in [-0.2, -0.15) is 0 Å². The first-order valence-electron chi connectivity index (χ1n) is 8.80. The molecular formula is C22H16BrIN2O2. The van der Waals surface area contributed by atoms with Crippen LogP contribution in [0.15, 0.2) is 69.6 Å². The number of aryl methyl sites for hydroxylation is 1. The van der Waals surface area contributed by atoms with E-state index in [0.717, 1.165) is 36.8 Å². The summed E-state index contributed by atoms with van der Waals surface area (Å²) in [5.74, 6) is 0.420. The summed E-state index contributed by atoms with van der Waals surface area (Å²) >= 11 is 5.75. The first-order valence-corrected chi connectivity index (χ1v) is 10.7. The normalized spacial score (nSPS) is 11.0. The number of carbonyl (C=O) groups is 1. The first kappa shape index (κ1) is 19.1. The van der Waals surface area contributed by atoms with E-state index < -0.39 is 0 Å². The number of benzene rings is 3. The summed E-state index contributed by atoms with van der Waals surface area (Å²) < 4.78 is 7.87. The fraction of sp³-hybridized carbons (Fsp3) is 0.0909. The van der Waals surface area contributed by atoms with Crippen molar-refractivity contribution in [3.05, 3.63) is 79.8 Å². The number of nitrogens with one attached hydrogen (secondary N) is 1. The summed E-state index contributed by atoms with van der Waals surface area (Å²) in [5.41, 5.74) is 4.98. The fourth-order valence-corrected chi connectivity index (χ4v) is 4.02. The van der Waals surface area contributed by atoms with E-state index in [4.69, 9.17) is 4.42 Å². The predicted octanol–water partition coefficient (Wildman–Crippen LogP) is 6.68. The Morgan fingerprint density at radius 3 is 2.64 bits per heavy atom. The zero-order valence-corrected chi connectivity index (χ0v) is 18.7. The molecule has 1 N–H and O–H groups in total. The van der Waals surface area contributed by atoms with Crippen LogP contribution in [0.1, 0.15) is 22.8 Å². The van der Waals surface area contributed by atoms with Crippen molar-refractivity contribution < 1.29 is 9.21 Å². The molecule has 0 atom stereocenters. The van der Waals surface area contributed by atoms with Crippen molar-refractivity contribution in [2.45, 2.75) is 13.3 Å². The summed E-state index contributed by atoms with van der Waals surface area (Å²) in [4.78, 5) is 17.0. The van der Waals surface area contributed by atoms with E-state index in [-0.39, 0.29) is 5.91 Å². The molecule has 0 aliphatic heterocycles. The lowest BCUT2D eigenvalue weighted by Gasteiger charge is -2.06. The van der Waals surface area contributed by atoms with Crippen LogP contribution in [0.3, 0.4) is 0 Å². The van der Waals surface area contributed by atoms with Gasteiger partial charge in [-0.05, 0) is 105 Å². The second kappa shape index (κ2) is 8.05. The quantitative estimate of drug-likeness (QED) is 0.291. The molecule has 0 aliphatic rings. The maximum atomic E-state index is 12.4. The van der Waals surface area contributed by atoms with E-state index in [9.17, 15) is 4.79 Å². The molecule has 3 aromatic carbocycles. The summed E-state index contributed by atoms with van der Waals surface area (Å²) in [7, 11) is 0. The van der Waals surface area contributed by atoms with Gasteiger partial charge < -0.3 is 9.73 Å². The van der Waals surface area contributed by atoms with Gasteiger partial charge in [-0.25, -0.2) is 4.98 Å². The number of hydrogen-bond donors (Lipinski definition) is 1. The highest BCUT2D eigenvalue weighted by Gasteiger charge is 2.13. The van der Waals surface area contributed by atoms with Gasteiger partial charge in [0.05, 0.1) is 4.47 Å². The number of amides is 1. The first-order chi connectivity index (χ1) is 13.5. The maximum absolute atomic E-state index is 12.4. The lowest BCUT2D eigenvalue weighted by atomic mass is 10.1. The van der Waals surface area contributed by atoms with Crippen molar-refractivity contribution in [1.29, 1.82) is 0 Å². The molecule has 1 amide bonds. The number of anilines is 1. The van der Waals surface area contributed by atoms with E-state index in [1.807, 2.05) is 48.5 Å². The van der Waals surface area contributed by atoms with E-state index in [2.05, 4.69) is 61.8 Å². The molecule has 0 saturated carbocycles. The Hall–Kier alpha value is -2.19. The van der Waals surface area contributed by atoms with Crippen LogP contribution >= 0.6 is 38.5 Å². The van der Waals surface area contributed by atoms with Crippen LogP contribution in [0.5, 0.6) is 0 Å². The molecule has 1 heterocycles. The third-order valence-electron chi connectivity index (χ3n) is 4.39. The average Bonchev–Trinajstić information content (AvgIpc) is 3.13.